The molecule has 0 aliphatic carbocycles. The molecule has 0 bridgehead atoms. The largest absolute Gasteiger partial charge is 0.497 e. The highest BCUT2D eigenvalue weighted by Crippen LogP contribution is 2.27. The lowest BCUT2D eigenvalue weighted by molar-refractivity contribution is 0.391. The molecule has 1 heterocycles. The molecule has 5 heteroatoms. The van der Waals surface area contributed by atoms with Crippen LogP contribution in [0.1, 0.15) is 26.3 Å². The summed E-state index contributed by atoms with van der Waals surface area (Å²) in [5.74, 6) is 1.60. The van der Waals surface area contributed by atoms with Crippen molar-refractivity contribution in [3.63, 3.8) is 0 Å². The number of ether oxygens (including phenoxy) is 2. The van der Waals surface area contributed by atoms with Gasteiger partial charge in [-0.15, -0.1) is 0 Å². The molecule has 2 aromatic carbocycles. The Hall–Kier alpha value is -2.69. The van der Waals surface area contributed by atoms with Gasteiger partial charge in [0.25, 0.3) is 0 Å². The highest BCUT2D eigenvalue weighted by molar-refractivity contribution is 5.79. The molecule has 0 unspecified atom stereocenters. The third-order valence-electron chi connectivity index (χ3n) is 4.25. The second-order valence-corrected chi connectivity index (χ2v) is 7.02. The van der Waals surface area contributed by atoms with Crippen LogP contribution >= 0.6 is 0 Å². The number of hydrogen-bond donors (Lipinski definition) is 1. The predicted octanol–water partition coefficient (Wildman–Crippen LogP) is 4.42. The summed E-state index contributed by atoms with van der Waals surface area (Å²) in [4.78, 5) is 4.54. The minimum Gasteiger partial charge on any atom is -0.497 e. The molecule has 3 rings (SSSR count). The molecule has 0 saturated heterocycles. The highest BCUT2D eigenvalue weighted by Gasteiger charge is 2.16. The predicted molar refractivity (Wildman–Crippen MR) is 102 cm³/mol. The maximum atomic E-state index is 5.45. The Kier molecular flexibility index (Phi) is 4.57. The van der Waals surface area contributed by atoms with Crippen LogP contribution in [0.5, 0.6) is 11.5 Å². The quantitative estimate of drug-likeness (QED) is 0.747. The van der Waals surface area contributed by atoms with Gasteiger partial charge in [-0.25, -0.2) is 4.98 Å². The Bertz CT molecular complexity index is 878. The van der Waals surface area contributed by atoms with E-state index in [9.17, 15) is 0 Å². The van der Waals surface area contributed by atoms with Crippen molar-refractivity contribution in [2.24, 2.45) is 0 Å². The summed E-state index contributed by atoms with van der Waals surface area (Å²) in [6.45, 7) is 7.20. The number of fused-ring (bicyclic) bond motifs is 1. The van der Waals surface area contributed by atoms with Crippen LogP contribution < -0.4 is 14.8 Å². The van der Waals surface area contributed by atoms with Gasteiger partial charge in [0.15, 0.2) is 0 Å². The zero-order valence-corrected chi connectivity index (χ0v) is 15.5. The van der Waals surface area contributed by atoms with Crippen molar-refractivity contribution in [3.8, 4) is 11.5 Å². The smallest absolute Gasteiger partial charge is 0.127 e. The fourth-order valence-electron chi connectivity index (χ4n) is 2.85. The van der Waals surface area contributed by atoms with Gasteiger partial charge in [-0.1, -0.05) is 0 Å². The van der Waals surface area contributed by atoms with Gasteiger partial charge < -0.3 is 19.4 Å². The van der Waals surface area contributed by atoms with Crippen molar-refractivity contribution in [2.45, 2.75) is 32.9 Å². The number of methoxy groups -OCH3 is 2. The van der Waals surface area contributed by atoms with Crippen LogP contribution in [-0.2, 0) is 12.1 Å². The minimum absolute atomic E-state index is 0.0140. The Morgan fingerprint density at radius 1 is 1.04 bits per heavy atom. The molecule has 5 nitrogen and oxygen atoms in total. The van der Waals surface area contributed by atoms with Gasteiger partial charge in [0.05, 0.1) is 31.6 Å². The zero-order valence-electron chi connectivity index (χ0n) is 15.5. The van der Waals surface area contributed by atoms with E-state index in [-0.39, 0.29) is 5.54 Å². The van der Waals surface area contributed by atoms with Crippen LogP contribution in [0, 0.1) is 0 Å². The first kappa shape index (κ1) is 17.1. The lowest BCUT2D eigenvalue weighted by Crippen LogP contribution is -2.20. The first-order valence-electron chi connectivity index (χ1n) is 8.35. The monoisotopic (exact) mass is 339 g/mol. The molecule has 25 heavy (non-hydrogen) atoms. The lowest BCUT2D eigenvalue weighted by Gasteiger charge is -2.21. The number of nitrogens with one attached hydrogen (secondary N) is 1. The molecule has 1 N–H and O–H groups in total. The molecular formula is C20H25N3O2. The average Bonchev–Trinajstić information content (AvgIpc) is 3.03. The van der Waals surface area contributed by atoms with Crippen molar-refractivity contribution in [1.29, 1.82) is 0 Å². The summed E-state index contributed by atoms with van der Waals surface area (Å²) >= 11 is 0. The van der Waals surface area contributed by atoms with Crippen LogP contribution in [0.3, 0.4) is 0 Å². The molecular weight excluding hydrogens is 314 g/mol. The van der Waals surface area contributed by atoms with E-state index in [2.05, 4.69) is 53.8 Å². The summed E-state index contributed by atoms with van der Waals surface area (Å²) < 4.78 is 12.9. The molecule has 1 aromatic heterocycles. The molecule has 0 spiro atoms. The van der Waals surface area contributed by atoms with Gasteiger partial charge in [0.1, 0.15) is 11.5 Å². The number of imidazole rings is 1. The topological polar surface area (TPSA) is 48.3 Å². The number of benzene rings is 2. The molecule has 0 radical (unpaired) electrons. The van der Waals surface area contributed by atoms with Crippen LogP contribution in [-0.4, -0.2) is 23.8 Å². The summed E-state index contributed by atoms with van der Waals surface area (Å²) in [7, 11) is 3.32. The second kappa shape index (κ2) is 6.67. The van der Waals surface area contributed by atoms with E-state index in [1.165, 1.54) is 0 Å². The maximum Gasteiger partial charge on any atom is 0.127 e. The summed E-state index contributed by atoms with van der Waals surface area (Å²) in [5.41, 5.74) is 4.25. The summed E-state index contributed by atoms with van der Waals surface area (Å²) in [6, 6.07) is 12.1. The van der Waals surface area contributed by atoms with Gasteiger partial charge in [-0.3, -0.25) is 0 Å². The van der Waals surface area contributed by atoms with Gasteiger partial charge in [0.2, 0.25) is 0 Å². The van der Waals surface area contributed by atoms with Crippen molar-refractivity contribution in [3.05, 3.63) is 48.3 Å². The summed E-state index contributed by atoms with van der Waals surface area (Å²) in [6.07, 6.45) is 1.90. The molecule has 0 amide bonds. The van der Waals surface area contributed by atoms with Gasteiger partial charge in [-0.2, -0.15) is 0 Å². The maximum absolute atomic E-state index is 5.45. The molecule has 132 valence electrons. The van der Waals surface area contributed by atoms with Crippen molar-refractivity contribution in [1.82, 2.24) is 9.55 Å². The third kappa shape index (κ3) is 3.55. The molecule has 0 aliphatic rings. The van der Waals surface area contributed by atoms with Gasteiger partial charge in [-0.05, 0) is 51.1 Å². The molecule has 0 saturated carbocycles. The highest BCUT2D eigenvalue weighted by atomic mass is 16.5. The molecule has 0 aliphatic heterocycles. The van der Waals surface area contributed by atoms with E-state index in [0.717, 1.165) is 33.8 Å². The van der Waals surface area contributed by atoms with Gasteiger partial charge in [0, 0.05) is 29.4 Å². The minimum atomic E-state index is 0.0140. The SMILES string of the molecule is COc1ccc(CNc2ccc3c(c2)ncn3C(C)(C)C)c(OC)c1. The van der Waals surface area contributed by atoms with E-state index in [0.29, 0.717) is 6.54 Å². The molecule has 0 atom stereocenters. The standard InChI is InChI=1S/C20H25N3O2/c1-20(2,3)23-13-22-17-10-15(7-9-18(17)23)21-12-14-6-8-16(24-4)11-19(14)25-5/h6-11,13,21H,12H2,1-5H3. The van der Waals surface area contributed by atoms with E-state index < -0.39 is 0 Å². The fourth-order valence-corrected chi connectivity index (χ4v) is 2.85. The van der Waals surface area contributed by atoms with Crippen LogP contribution in [0.4, 0.5) is 5.69 Å². The summed E-state index contributed by atoms with van der Waals surface area (Å²) in [5, 5.41) is 3.44. The van der Waals surface area contributed by atoms with Crippen molar-refractivity contribution >= 4 is 16.7 Å². The first-order chi connectivity index (χ1) is 11.9. The van der Waals surface area contributed by atoms with Gasteiger partial charge >= 0.3 is 0 Å². The van der Waals surface area contributed by atoms with Crippen molar-refractivity contribution in [2.75, 3.05) is 19.5 Å². The van der Waals surface area contributed by atoms with Crippen LogP contribution in [0.2, 0.25) is 0 Å². The van der Waals surface area contributed by atoms with E-state index in [1.54, 1.807) is 14.2 Å². The van der Waals surface area contributed by atoms with Crippen LogP contribution in [0.15, 0.2) is 42.7 Å². The van der Waals surface area contributed by atoms with E-state index in [1.807, 2.05) is 24.5 Å². The average molecular weight is 339 g/mol. The second-order valence-electron chi connectivity index (χ2n) is 7.02. The number of hydrogen-bond acceptors (Lipinski definition) is 4. The van der Waals surface area contributed by atoms with Crippen LogP contribution in [0.25, 0.3) is 11.0 Å². The Morgan fingerprint density at radius 2 is 1.84 bits per heavy atom. The molecule has 0 fully saturated rings. The number of nitrogens with zero attached hydrogens (tertiary/aromatic N) is 2. The number of anilines is 1. The number of aromatic nitrogens is 2. The van der Waals surface area contributed by atoms with E-state index >= 15 is 0 Å². The Morgan fingerprint density at radius 3 is 2.52 bits per heavy atom. The fraction of sp³-hybridized carbons (Fsp3) is 0.350. The Balaban J connectivity index is 1.80. The third-order valence-corrected chi connectivity index (χ3v) is 4.25. The van der Waals surface area contributed by atoms with Crippen molar-refractivity contribution < 1.29 is 9.47 Å². The van der Waals surface area contributed by atoms with E-state index in [4.69, 9.17) is 9.47 Å². The number of rotatable bonds is 5. The zero-order chi connectivity index (χ0) is 18.0. The Labute approximate surface area is 148 Å². The normalized spacial score (nSPS) is 11.6. The lowest BCUT2D eigenvalue weighted by atomic mass is 10.1. The molecule has 3 aromatic rings. The first-order valence-corrected chi connectivity index (χ1v) is 8.35.